The zero-order chi connectivity index (χ0) is 49.0. The Morgan fingerprint density at radius 3 is 1.97 bits per heavy atom. The summed E-state index contributed by atoms with van der Waals surface area (Å²) in [4.78, 5) is 2.44. The Morgan fingerprint density at radius 1 is 0.620 bits per heavy atom. The van der Waals surface area contributed by atoms with Gasteiger partial charge in [0.2, 0.25) is 0 Å². The molecule has 0 aliphatic heterocycles. The summed E-state index contributed by atoms with van der Waals surface area (Å²) in [5, 5.41) is 1.44. The third-order valence-corrected chi connectivity index (χ3v) is 14.7. The van der Waals surface area contributed by atoms with Crippen LogP contribution in [0, 0.1) is 13.8 Å². The highest BCUT2D eigenvalue weighted by atomic mass is 31.1. The molecule has 0 spiro atoms. The highest BCUT2D eigenvalue weighted by molar-refractivity contribution is 7.48. The van der Waals surface area contributed by atoms with Crippen LogP contribution in [0.5, 0.6) is 0 Å². The van der Waals surface area contributed by atoms with E-state index >= 15 is 0 Å². The summed E-state index contributed by atoms with van der Waals surface area (Å²) in [6.45, 7) is 8.53. The average Bonchev–Trinajstić information content (AvgIpc) is 3.44. The predicted octanol–water partition coefficient (Wildman–Crippen LogP) is 18.6. The van der Waals surface area contributed by atoms with E-state index in [2.05, 4.69) is 238 Å². The second-order valence-electron chi connectivity index (χ2n) is 18.5. The summed E-state index contributed by atoms with van der Waals surface area (Å²) in [6.07, 6.45) is 34.4. The minimum atomic E-state index is 0.469. The van der Waals surface area contributed by atoms with Gasteiger partial charge in [0.05, 0.1) is 0 Å². The molecule has 10 rings (SSSR count). The standard InChI is InChI=1S/C51H48NP.C12H14.C6H6/c1-37-17-31-48(32-18-37)53-49-33-26-43(27-34-49)42-23-28-46(29-24-42)52(45-14-7-4-8-15-45)47-30-25-44(51(36-47)50-16-10-9-11-38(50)2)35-39-19-21-41(22-20-39)40-12-5-3-6-13-40;1-3-4-8-11(2)12-9-6-5-7-10-12;1-2-4-6-5-3-1/h3,5-7,9-12,14-33,36,40,49,53H,4,8,13,34-35H2,1-2H3;3-10H,1-2H3;1-6H/b;4-3+,11-8+;. The van der Waals surface area contributed by atoms with Gasteiger partial charge in [0.15, 0.2) is 0 Å². The average molecular weight is 942 g/mol. The van der Waals surface area contributed by atoms with Crippen LogP contribution >= 0.6 is 8.58 Å². The van der Waals surface area contributed by atoms with Crippen molar-refractivity contribution in [3.05, 3.63) is 306 Å². The van der Waals surface area contributed by atoms with Crippen LogP contribution in [0.2, 0.25) is 0 Å². The molecule has 354 valence electrons. The number of allylic oxidation sites excluding steroid dienone is 15. The molecule has 71 heavy (non-hydrogen) atoms. The molecule has 0 N–H and O–H groups in total. The van der Waals surface area contributed by atoms with Gasteiger partial charge in [0, 0.05) is 28.6 Å². The van der Waals surface area contributed by atoms with E-state index in [1.165, 1.54) is 83.6 Å². The summed E-state index contributed by atoms with van der Waals surface area (Å²) in [7, 11) is 0.801. The fourth-order valence-corrected chi connectivity index (χ4v) is 10.4. The lowest BCUT2D eigenvalue weighted by Gasteiger charge is -2.29. The number of hydrogen-bond acceptors (Lipinski definition) is 1. The van der Waals surface area contributed by atoms with Crippen LogP contribution in [0.15, 0.2) is 267 Å². The lowest BCUT2D eigenvalue weighted by atomic mass is 9.89. The van der Waals surface area contributed by atoms with Gasteiger partial charge in [-0.15, -0.1) is 0 Å². The number of aryl methyl sites for hydroxylation is 2. The van der Waals surface area contributed by atoms with Crippen LogP contribution in [-0.2, 0) is 6.42 Å². The van der Waals surface area contributed by atoms with Crippen molar-refractivity contribution in [1.82, 2.24) is 0 Å². The van der Waals surface area contributed by atoms with Gasteiger partial charge in [-0.2, -0.15) is 0 Å². The zero-order valence-electron chi connectivity index (χ0n) is 42.0. The molecule has 0 fully saturated rings. The van der Waals surface area contributed by atoms with E-state index in [4.69, 9.17) is 0 Å². The third-order valence-electron chi connectivity index (χ3n) is 13.2. The lowest BCUT2D eigenvalue weighted by molar-refractivity contribution is 0.852. The van der Waals surface area contributed by atoms with Crippen molar-refractivity contribution in [1.29, 1.82) is 0 Å². The van der Waals surface area contributed by atoms with E-state index in [-0.39, 0.29) is 0 Å². The number of nitrogens with zero attached hydrogens (tertiary/aromatic N) is 1. The summed E-state index contributed by atoms with van der Waals surface area (Å²) in [5.41, 5.74) is 18.6. The summed E-state index contributed by atoms with van der Waals surface area (Å²) >= 11 is 0. The predicted molar refractivity (Wildman–Crippen MR) is 313 cm³/mol. The van der Waals surface area contributed by atoms with Crippen LogP contribution < -0.4 is 10.2 Å². The molecule has 7 aromatic rings. The minimum absolute atomic E-state index is 0.469. The van der Waals surface area contributed by atoms with Crippen molar-refractivity contribution in [3.63, 3.8) is 0 Å². The van der Waals surface area contributed by atoms with Gasteiger partial charge in [0.1, 0.15) is 0 Å². The molecule has 0 heterocycles. The maximum atomic E-state index is 2.44. The van der Waals surface area contributed by atoms with E-state index in [0.717, 1.165) is 40.7 Å². The first-order valence-corrected chi connectivity index (χ1v) is 26.4. The maximum Gasteiger partial charge on any atom is 0.0467 e. The van der Waals surface area contributed by atoms with Gasteiger partial charge in [-0.05, 0) is 151 Å². The molecular formula is C69H68NP. The molecule has 3 aliphatic rings. The van der Waals surface area contributed by atoms with Gasteiger partial charge in [-0.3, -0.25) is 0 Å². The quantitative estimate of drug-likeness (QED) is 0.0871. The first kappa shape index (κ1) is 50.1. The molecule has 0 bridgehead atoms. The van der Waals surface area contributed by atoms with Crippen molar-refractivity contribution >= 4 is 36.4 Å². The van der Waals surface area contributed by atoms with Crippen LogP contribution in [0.3, 0.4) is 0 Å². The molecule has 0 saturated carbocycles. The Balaban J connectivity index is 0.000000315. The van der Waals surface area contributed by atoms with Crippen molar-refractivity contribution < 1.29 is 0 Å². The van der Waals surface area contributed by atoms with Crippen molar-refractivity contribution in [2.45, 2.75) is 71.4 Å². The monoisotopic (exact) mass is 942 g/mol. The normalized spacial score (nSPS) is 16.2. The second kappa shape index (κ2) is 26.1. The fourth-order valence-electron chi connectivity index (χ4n) is 9.16. The number of rotatable bonds is 12. The first-order valence-electron chi connectivity index (χ1n) is 25.4. The van der Waals surface area contributed by atoms with E-state index in [1.54, 1.807) is 0 Å². The number of benzene rings is 7. The number of hydrogen-bond donors (Lipinski definition) is 0. The Kier molecular flexibility index (Phi) is 18.4. The van der Waals surface area contributed by atoms with E-state index in [9.17, 15) is 0 Å². The van der Waals surface area contributed by atoms with E-state index in [0.29, 0.717) is 11.6 Å². The maximum absolute atomic E-state index is 2.44. The molecule has 3 atom stereocenters. The van der Waals surface area contributed by atoms with Crippen molar-refractivity contribution in [2.24, 2.45) is 0 Å². The van der Waals surface area contributed by atoms with Gasteiger partial charge < -0.3 is 4.90 Å². The van der Waals surface area contributed by atoms with Crippen LogP contribution in [0.25, 0.3) is 22.3 Å². The summed E-state index contributed by atoms with van der Waals surface area (Å²) in [5.74, 6) is 0.469. The molecule has 0 amide bonds. The number of anilines is 2. The summed E-state index contributed by atoms with van der Waals surface area (Å²) < 4.78 is 0. The van der Waals surface area contributed by atoms with Crippen LogP contribution in [-0.4, -0.2) is 5.66 Å². The molecule has 1 nitrogen and oxygen atoms in total. The smallest absolute Gasteiger partial charge is 0.0467 e. The van der Waals surface area contributed by atoms with E-state index < -0.39 is 0 Å². The molecule has 0 saturated heterocycles. The SMILES string of the molecule is C/C=C/C=C(\C)c1ccccc1.Cc1ccc(PC2C=CC(c3ccc(N(C4=CCCC=C4)c4ccc(Cc5ccc(C6C=CC=CC6)cc5)c(-c5ccccc5C)c4)cc3)=CC2)cc1.c1ccccc1. The van der Waals surface area contributed by atoms with Gasteiger partial charge in [-0.25, -0.2) is 0 Å². The minimum Gasteiger partial charge on any atom is -0.311 e. The Morgan fingerprint density at radius 2 is 1.32 bits per heavy atom. The molecule has 0 radical (unpaired) electrons. The Labute approximate surface area is 427 Å². The van der Waals surface area contributed by atoms with Crippen LogP contribution in [0.1, 0.15) is 84.4 Å². The molecule has 0 aromatic heterocycles. The van der Waals surface area contributed by atoms with Gasteiger partial charge >= 0.3 is 0 Å². The molecule has 7 aromatic carbocycles. The largest absolute Gasteiger partial charge is 0.311 e. The van der Waals surface area contributed by atoms with Crippen molar-refractivity contribution in [2.75, 3.05) is 4.90 Å². The highest BCUT2D eigenvalue weighted by Crippen LogP contribution is 2.39. The molecule has 3 unspecified atom stereocenters. The molecule has 2 heteroatoms. The van der Waals surface area contributed by atoms with E-state index in [1.807, 2.05) is 55.5 Å². The molecule has 3 aliphatic carbocycles. The Bertz CT molecular complexity index is 3010. The van der Waals surface area contributed by atoms with Crippen molar-refractivity contribution in [3.8, 4) is 11.1 Å². The second-order valence-corrected chi connectivity index (χ2v) is 20.1. The third kappa shape index (κ3) is 14.4. The fraction of sp³-hybridized carbons (Fsp3) is 0.159. The highest BCUT2D eigenvalue weighted by Gasteiger charge is 2.19. The lowest BCUT2D eigenvalue weighted by Crippen LogP contribution is -2.16. The first-order chi connectivity index (χ1) is 34.9. The van der Waals surface area contributed by atoms with Gasteiger partial charge in [-0.1, -0.05) is 245 Å². The van der Waals surface area contributed by atoms with Crippen LogP contribution in [0.4, 0.5) is 11.4 Å². The van der Waals surface area contributed by atoms with Gasteiger partial charge in [0.25, 0.3) is 0 Å². The molecular weight excluding hydrogens is 874 g/mol. The summed E-state index contributed by atoms with van der Waals surface area (Å²) in [6, 6.07) is 65.8. The Hall–Kier alpha value is -7.31. The zero-order valence-corrected chi connectivity index (χ0v) is 43.0. The topological polar surface area (TPSA) is 3.24 Å².